The number of likely N-dealkylation sites (tertiary alicyclic amines) is 1. The van der Waals surface area contributed by atoms with E-state index < -0.39 is 48.4 Å². The Bertz CT molecular complexity index is 578. The van der Waals surface area contributed by atoms with Crippen LogP contribution in [0.4, 0.5) is 4.79 Å². The smallest absolute Gasteiger partial charge is 0.411 e. The number of aliphatic hydroxyl groups is 2. The lowest BCUT2D eigenvalue weighted by atomic mass is 9.90. The standard InChI is InChI=1S/C18H29N3O5/c1-6-7-12-8-13(9-19)21(17(25)26-18(3,4)5)16(12)15(14(24)10-22)20-11(2)23/h6-7,12-16,22,24H,8,10H2,1-5H3,(H,20,23)/b7-6-/t12-,13-,14-,15+,16-/m1/s1. The number of nitrogens with zero attached hydrogens (tertiary/aromatic N) is 2. The molecule has 0 bridgehead atoms. The molecular formula is C18H29N3O5. The van der Waals surface area contributed by atoms with Gasteiger partial charge in [-0.25, -0.2) is 4.79 Å². The molecule has 8 heteroatoms. The summed E-state index contributed by atoms with van der Waals surface area (Å²) in [4.78, 5) is 25.7. The van der Waals surface area contributed by atoms with E-state index >= 15 is 0 Å². The molecule has 8 nitrogen and oxygen atoms in total. The fourth-order valence-corrected chi connectivity index (χ4v) is 3.24. The molecule has 26 heavy (non-hydrogen) atoms. The van der Waals surface area contributed by atoms with Crippen LogP contribution in [0.3, 0.4) is 0 Å². The van der Waals surface area contributed by atoms with Crippen LogP contribution in [-0.4, -0.2) is 63.6 Å². The maximum absolute atomic E-state index is 12.8. The van der Waals surface area contributed by atoms with Gasteiger partial charge < -0.3 is 20.3 Å². The molecule has 0 unspecified atom stereocenters. The van der Waals surface area contributed by atoms with Gasteiger partial charge in [-0.15, -0.1) is 0 Å². The predicted octanol–water partition coefficient (Wildman–Crippen LogP) is 0.938. The Morgan fingerprint density at radius 2 is 2.08 bits per heavy atom. The summed E-state index contributed by atoms with van der Waals surface area (Å²) in [5.74, 6) is -0.693. The van der Waals surface area contributed by atoms with Crippen LogP contribution in [0, 0.1) is 17.2 Å². The normalized spacial score (nSPS) is 25.6. The number of carbonyl (C=O) groups is 2. The maximum atomic E-state index is 12.8. The fraction of sp³-hybridized carbons (Fsp3) is 0.722. The first-order valence-electron chi connectivity index (χ1n) is 8.65. The van der Waals surface area contributed by atoms with E-state index in [1.54, 1.807) is 26.8 Å². The number of hydrogen-bond acceptors (Lipinski definition) is 6. The summed E-state index contributed by atoms with van der Waals surface area (Å²) in [6.07, 6.45) is 1.98. The van der Waals surface area contributed by atoms with Gasteiger partial charge in [-0.2, -0.15) is 5.26 Å². The van der Waals surface area contributed by atoms with Gasteiger partial charge in [-0.3, -0.25) is 9.69 Å². The van der Waals surface area contributed by atoms with E-state index in [1.807, 2.05) is 13.0 Å². The highest BCUT2D eigenvalue weighted by molar-refractivity contribution is 5.74. The van der Waals surface area contributed by atoms with E-state index in [1.165, 1.54) is 11.8 Å². The van der Waals surface area contributed by atoms with Crippen LogP contribution in [0.2, 0.25) is 0 Å². The minimum absolute atomic E-state index is 0.282. The lowest BCUT2D eigenvalue weighted by Crippen LogP contribution is -2.60. The molecule has 1 fully saturated rings. The molecule has 0 aromatic rings. The molecule has 1 saturated heterocycles. The largest absolute Gasteiger partial charge is 0.444 e. The molecule has 2 amide bonds. The van der Waals surface area contributed by atoms with E-state index in [9.17, 15) is 25.1 Å². The van der Waals surface area contributed by atoms with Crippen molar-refractivity contribution in [1.29, 1.82) is 5.26 Å². The van der Waals surface area contributed by atoms with Gasteiger partial charge in [0.25, 0.3) is 0 Å². The number of allylic oxidation sites excluding steroid dienone is 1. The Kier molecular flexibility index (Phi) is 7.60. The third-order valence-electron chi connectivity index (χ3n) is 4.12. The SMILES string of the molecule is C/C=C\[C@@H]1C[C@H](C#N)N(C(=O)OC(C)(C)C)[C@H]1[C@@H](NC(C)=O)[C@H](O)CO. The van der Waals surface area contributed by atoms with Gasteiger partial charge in [0, 0.05) is 12.8 Å². The summed E-state index contributed by atoms with van der Waals surface area (Å²) >= 11 is 0. The van der Waals surface area contributed by atoms with E-state index in [2.05, 4.69) is 11.4 Å². The van der Waals surface area contributed by atoms with E-state index in [0.717, 1.165) is 0 Å². The number of rotatable bonds is 5. The van der Waals surface area contributed by atoms with Crippen LogP contribution in [-0.2, 0) is 9.53 Å². The van der Waals surface area contributed by atoms with Crippen molar-refractivity contribution in [3.8, 4) is 6.07 Å². The Balaban J connectivity index is 3.36. The topological polar surface area (TPSA) is 123 Å². The minimum Gasteiger partial charge on any atom is -0.444 e. The average Bonchev–Trinajstić information content (AvgIpc) is 2.88. The molecule has 146 valence electrons. The van der Waals surface area contributed by atoms with Crippen molar-refractivity contribution in [3.63, 3.8) is 0 Å². The molecular weight excluding hydrogens is 338 g/mol. The first kappa shape index (κ1) is 21.9. The van der Waals surface area contributed by atoms with Crippen LogP contribution in [0.1, 0.15) is 41.0 Å². The Hall–Kier alpha value is -2.11. The summed E-state index contributed by atoms with van der Waals surface area (Å²) in [7, 11) is 0. The predicted molar refractivity (Wildman–Crippen MR) is 94.9 cm³/mol. The monoisotopic (exact) mass is 367 g/mol. The van der Waals surface area contributed by atoms with Crippen molar-refractivity contribution in [2.45, 2.75) is 70.9 Å². The van der Waals surface area contributed by atoms with Gasteiger partial charge in [-0.1, -0.05) is 12.2 Å². The number of aliphatic hydroxyl groups excluding tert-OH is 2. The number of hydrogen-bond donors (Lipinski definition) is 3. The van der Waals surface area contributed by atoms with Gasteiger partial charge in [0.15, 0.2) is 0 Å². The second-order valence-electron chi connectivity index (χ2n) is 7.42. The molecule has 0 radical (unpaired) electrons. The highest BCUT2D eigenvalue weighted by atomic mass is 16.6. The molecule has 0 spiro atoms. The van der Waals surface area contributed by atoms with E-state index in [4.69, 9.17) is 4.74 Å². The molecule has 1 heterocycles. The van der Waals surface area contributed by atoms with E-state index in [-0.39, 0.29) is 5.92 Å². The Labute approximate surface area is 154 Å². The highest BCUT2D eigenvalue weighted by Crippen LogP contribution is 2.35. The third kappa shape index (κ3) is 5.44. The van der Waals surface area contributed by atoms with Crippen molar-refractivity contribution in [3.05, 3.63) is 12.2 Å². The van der Waals surface area contributed by atoms with Crippen LogP contribution < -0.4 is 5.32 Å². The zero-order valence-electron chi connectivity index (χ0n) is 16.0. The molecule has 1 aliphatic heterocycles. The van der Waals surface area contributed by atoms with Crippen LogP contribution in [0.5, 0.6) is 0 Å². The molecule has 5 atom stereocenters. The number of ether oxygens (including phenoxy) is 1. The van der Waals surface area contributed by atoms with Crippen molar-refractivity contribution in [2.24, 2.45) is 5.92 Å². The summed E-state index contributed by atoms with van der Waals surface area (Å²) < 4.78 is 5.43. The molecule has 0 saturated carbocycles. The van der Waals surface area contributed by atoms with Crippen LogP contribution in [0.25, 0.3) is 0 Å². The average molecular weight is 367 g/mol. The quantitative estimate of drug-likeness (QED) is 0.622. The fourth-order valence-electron chi connectivity index (χ4n) is 3.24. The van der Waals surface area contributed by atoms with Crippen molar-refractivity contribution in [2.75, 3.05) is 6.61 Å². The second kappa shape index (κ2) is 9.01. The van der Waals surface area contributed by atoms with Crippen LogP contribution in [0.15, 0.2) is 12.2 Å². The highest BCUT2D eigenvalue weighted by Gasteiger charge is 2.50. The molecule has 0 aromatic carbocycles. The van der Waals surface area contributed by atoms with Crippen LogP contribution >= 0.6 is 0 Å². The summed E-state index contributed by atoms with van der Waals surface area (Å²) in [5, 5.41) is 31.8. The molecule has 3 N–H and O–H groups in total. The minimum atomic E-state index is -1.29. The van der Waals surface area contributed by atoms with Gasteiger partial charge >= 0.3 is 6.09 Å². The molecule has 0 aromatic heterocycles. The lowest BCUT2D eigenvalue weighted by Gasteiger charge is -2.37. The summed E-state index contributed by atoms with van der Waals surface area (Å²) in [6.45, 7) is 7.65. The van der Waals surface area contributed by atoms with Crippen molar-refractivity contribution >= 4 is 12.0 Å². The van der Waals surface area contributed by atoms with Gasteiger partial charge in [-0.05, 0) is 34.1 Å². The van der Waals surface area contributed by atoms with Crippen molar-refractivity contribution < 1.29 is 24.5 Å². The van der Waals surface area contributed by atoms with E-state index in [0.29, 0.717) is 6.42 Å². The first-order valence-corrected chi connectivity index (χ1v) is 8.65. The zero-order valence-corrected chi connectivity index (χ0v) is 16.0. The summed E-state index contributed by atoms with van der Waals surface area (Å²) in [6, 6.07) is -0.332. The number of carbonyl (C=O) groups excluding carboxylic acids is 2. The Morgan fingerprint density at radius 1 is 1.46 bits per heavy atom. The zero-order chi connectivity index (χ0) is 20.1. The van der Waals surface area contributed by atoms with Crippen molar-refractivity contribution in [1.82, 2.24) is 10.2 Å². The number of nitriles is 1. The van der Waals surface area contributed by atoms with Gasteiger partial charge in [0.1, 0.15) is 11.6 Å². The molecule has 0 aliphatic carbocycles. The lowest BCUT2D eigenvalue weighted by molar-refractivity contribution is -0.121. The Morgan fingerprint density at radius 3 is 2.50 bits per heavy atom. The molecule has 1 aliphatic rings. The number of amides is 2. The second-order valence-corrected chi connectivity index (χ2v) is 7.42. The maximum Gasteiger partial charge on any atom is 0.411 e. The third-order valence-corrected chi connectivity index (χ3v) is 4.12. The molecule has 1 rings (SSSR count). The van der Waals surface area contributed by atoms with Gasteiger partial charge in [0.2, 0.25) is 5.91 Å². The summed E-state index contributed by atoms with van der Waals surface area (Å²) in [5.41, 5.74) is -0.764. The number of nitrogens with one attached hydrogen (secondary N) is 1. The first-order chi connectivity index (χ1) is 12.1. The van der Waals surface area contributed by atoms with Gasteiger partial charge in [0.05, 0.1) is 30.9 Å².